The number of thiazole rings is 1. The van der Waals surface area contributed by atoms with Crippen molar-refractivity contribution in [3.05, 3.63) is 61.9 Å². The molecule has 0 amide bonds. The number of aliphatic carboxylic acids is 1. The smallest absolute Gasteiger partial charge is 0.338 e. The predicted octanol–water partition coefficient (Wildman–Crippen LogP) is 5.55. The molecule has 1 aromatic carbocycles. The molecule has 13 heteroatoms. The highest BCUT2D eigenvalue weighted by atomic mass is 79.9. The second kappa shape index (κ2) is 12.8. The Labute approximate surface area is 242 Å². The minimum Gasteiger partial charge on any atom is -0.481 e. The Morgan fingerprint density at radius 3 is 2.80 bits per heavy atom. The van der Waals surface area contributed by atoms with Crippen molar-refractivity contribution >= 4 is 45.0 Å². The second-order valence-electron chi connectivity index (χ2n) is 9.91. The van der Waals surface area contributed by atoms with E-state index in [4.69, 9.17) is 9.73 Å². The summed E-state index contributed by atoms with van der Waals surface area (Å²) in [5.41, 5.74) is 0.993. The van der Waals surface area contributed by atoms with Crippen LogP contribution in [0.2, 0.25) is 0 Å². The van der Waals surface area contributed by atoms with Crippen molar-refractivity contribution in [1.29, 1.82) is 0 Å². The number of benzene rings is 1. The molecule has 0 bridgehead atoms. The van der Waals surface area contributed by atoms with Crippen molar-refractivity contribution in [3.8, 4) is 0 Å². The quantitative estimate of drug-likeness (QED) is 0.310. The largest absolute Gasteiger partial charge is 0.481 e. The second-order valence-corrected chi connectivity index (χ2v) is 11.7. The van der Waals surface area contributed by atoms with Gasteiger partial charge in [0.05, 0.1) is 24.6 Å². The number of ether oxygens (including phenoxy) is 1. The highest BCUT2D eigenvalue weighted by Gasteiger charge is 2.45. The van der Waals surface area contributed by atoms with Crippen LogP contribution in [-0.4, -0.2) is 64.4 Å². The van der Waals surface area contributed by atoms with Gasteiger partial charge in [-0.2, -0.15) is 0 Å². The molecule has 2 aliphatic rings. The lowest BCUT2D eigenvalue weighted by atomic mass is 9.95. The molecular weight excluding hydrogens is 613 g/mol. The first-order valence-corrected chi connectivity index (χ1v) is 14.6. The van der Waals surface area contributed by atoms with Crippen molar-refractivity contribution in [1.82, 2.24) is 15.2 Å². The number of likely N-dealkylation sites (tertiary alicyclic amines) is 1. The normalized spacial score (nSPS) is 21.6. The van der Waals surface area contributed by atoms with Crippen molar-refractivity contribution in [2.24, 2.45) is 10.9 Å². The number of rotatable bonds is 11. The molecule has 3 atom stereocenters. The Morgan fingerprint density at radius 1 is 1.38 bits per heavy atom. The predicted molar refractivity (Wildman–Crippen MR) is 148 cm³/mol. The zero-order chi connectivity index (χ0) is 29.0. The van der Waals surface area contributed by atoms with E-state index in [1.54, 1.807) is 30.3 Å². The number of carbonyl (C=O) groups is 2. The lowest BCUT2D eigenvalue weighted by Crippen LogP contribution is -2.41. The fourth-order valence-electron chi connectivity index (χ4n) is 4.99. The summed E-state index contributed by atoms with van der Waals surface area (Å²) in [7, 11) is 0. The van der Waals surface area contributed by atoms with Crippen molar-refractivity contribution in [2.75, 3.05) is 19.7 Å². The van der Waals surface area contributed by atoms with Gasteiger partial charge in [-0.3, -0.25) is 14.7 Å². The Bertz CT molecular complexity index is 1300. The van der Waals surface area contributed by atoms with E-state index in [1.165, 1.54) is 29.5 Å². The van der Waals surface area contributed by atoms with Crippen molar-refractivity contribution in [2.45, 2.75) is 57.5 Å². The molecule has 2 aromatic rings. The summed E-state index contributed by atoms with van der Waals surface area (Å²) in [6.07, 6.45) is 2.47. The zero-order valence-corrected chi connectivity index (χ0v) is 24.4. The fourth-order valence-corrected chi connectivity index (χ4v) is 6.14. The average Bonchev–Trinajstić information content (AvgIpc) is 3.51. The number of aliphatic imine (C=N–C) groups is 1. The number of hydrogen-bond donors (Lipinski definition) is 2. The number of amidine groups is 1. The summed E-state index contributed by atoms with van der Waals surface area (Å²) in [6, 6.07) is 2.62. The number of alkyl halides is 2. The van der Waals surface area contributed by atoms with E-state index < -0.39 is 48.2 Å². The molecule has 216 valence electrons. The highest BCUT2D eigenvalue weighted by Crippen LogP contribution is 2.39. The number of nitrogens with zero attached hydrogens (tertiary/aromatic N) is 3. The highest BCUT2D eigenvalue weighted by molar-refractivity contribution is 9.10. The molecular formula is C27H30BrF3N4O4S. The summed E-state index contributed by atoms with van der Waals surface area (Å²) in [5, 5.41) is 14.6. The lowest BCUT2D eigenvalue weighted by Gasteiger charge is -2.31. The van der Waals surface area contributed by atoms with Gasteiger partial charge >= 0.3 is 11.9 Å². The monoisotopic (exact) mass is 642 g/mol. The molecule has 1 aromatic heterocycles. The van der Waals surface area contributed by atoms with E-state index in [0.29, 0.717) is 45.8 Å². The number of carbonyl (C=O) groups excluding carboxylic acids is 1. The number of halogens is 4. The summed E-state index contributed by atoms with van der Waals surface area (Å²) in [4.78, 5) is 35.2. The molecule has 0 radical (unpaired) electrons. The topological polar surface area (TPSA) is 104 Å². The number of aromatic nitrogens is 1. The first kappa shape index (κ1) is 30.2. The molecule has 0 spiro atoms. The fraction of sp³-hybridized carbons (Fsp3) is 0.481. The minimum absolute atomic E-state index is 0.0252. The van der Waals surface area contributed by atoms with Crippen LogP contribution in [0.4, 0.5) is 13.2 Å². The third kappa shape index (κ3) is 7.10. The molecule has 3 heterocycles. The van der Waals surface area contributed by atoms with Crippen LogP contribution in [0.1, 0.15) is 56.1 Å². The first-order chi connectivity index (χ1) is 19.0. The molecule has 0 saturated carbocycles. The number of hydrogen-bond acceptors (Lipinski definition) is 8. The van der Waals surface area contributed by atoms with Crippen LogP contribution in [0.3, 0.4) is 0 Å². The van der Waals surface area contributed by atoms with E-state index in [0.717, 1.165) is 0 Å². The van der Waals surface area contributed by atoms with Gasteiger partial charge in [0.1, 0.15) is 11.9 Å². The van der Waals surface area contributed by atoms with Crippen LogP contribution in [-0.2, 0) is 14.3 Å². The Balaban J connectivity index is 1.72. The van der Waals surface area contributed by atoms with Crippen molar-refractivity contribution < 1.29 is 32.6 Å². The van der Waals surface area contributed by atoms with E-state index >= 15 is 0 Å². The molecule has 40 heavy (non-hydrogen) atoms. The van der Waals surface area contributed by atoms with Crippen LogP contribution in [0.5, 0.6) is 0 Å². The van der Waals surface area contributed by atoms with Gasteiger partial charge in [0, 0.05) is 40.8 Å². The maximum atomic E-state index is 14.7. The molecule has 1 unspecified atom stereocenters. The summed E-state index contributed by atoms with van der Waals surface area (Å²) in [5.74, 6) is -5.21. The number of nitrogens with one attached hydrogen (secondary N) is 1. The van der Waals surface area contributed by atoms with Gasteiger partial charge in [0.25, 0.3) is 5.92 Å². The van der Waals surface area contributed by atoms with Crippen LogP contribution in [0.25, 0.3) is 0 Å². The summed E-state index contributed by atoms with van der Waals surface area (Å²) >= 11 is 4.70. The summed E-state index contributed by atoms with van der Waals surface area (Å²) < 4.78 is 49.1. The number of esters is 1. The molecule has 2 aliphatic heterocycles. The van der Waals surface area contributed by atoms with Gasteiger partial charge in [0.2, 0.25) is 0 Å². The van der Waals surface area contributed by atoms with E-state index in [2.05, 4.69) is 26.2 Å². The van der Waals surface area contributed by atoms with Gasteiger partial charge in [-0.1, -0.05) is 35.3 Å². The molecule has 4 rings (SSSR count). The Kier molecular flexibility index (Phi) is 9.68. The maximum Gasteiger partial charge on any atom is 0.338 e. The van der Waals surface area contributed by atoms with Crippen LogP contribution in [0.15, 0.2) is 50.5 Å². The minimum atomic E-state index is -2.94. The third-order valence-electron chi connectivity index (χ3n) is 6.96. The maximum absolute atomic E-state index is 14.7. The molecule has 8 nitrogen and oxygen atoms in total. The van der Waals surface area contributed by atoms with Gasteiger partial charge in [0.15, 0.2) is 10.8 Å². The SMILES string of the molecule is CCOC(=O)C1=C(CN2CC(F)(F)C[C@H]2CCCC(C)C(=O)O)NC(c2nccs2)=N[C@H]1c1ccc(F)cc1Br. The Hall–Kier alpha value is -2.77. The first-order valence-electron chi connectivity index (χ1n) is 12.9. The summed E-state index contributed by atoms with van der Waals surface area (Å²) in [6.45, 7) is 2.81. The molecule has 0 aliphatic carbocycles. The number of carboxylic acids is 1. The average molecular weight is 644 g/mol. The number of carboxylic acid groups (broad SMARTS) is 1. The van der Waals surface area contributed by atoms with E-state index in [1.807, 2.05) is 0 Å². The van der Waals surface area contributed by atoms with Gasteiger partial charge < -0.3 is 15.2 Å². The van der Waals surface area contributed by atoms with Crippen LogP contribution in [0, 0.1) is 11.7 Å². The third-order valence-corrected chi connectivity index (χ3v) is 8.42. The van der Waals surface area contributed by atoms with Gasteiger partial charge in [-0.15, -0.1) is 11.3 Å². The van der Waals surface area contributed by atoms with Gasteiger partial charge in [-0.25, -0.2) is 22.9 Å². The molecule has 1 fully saturated rings. The Morgan fingerprint density at radius 2 is 2.15 bits per heavy atom. The van der Waals surface area contributed by atoms with Crippen LogP contribution < -0.4 is 5.32 Å². The standard InChI is InChI=1S/C27H30BrF3N4O4S/c1-3-39-26(38)21-20(13-35-14-27(30,31)12-17(35)6-4-5-15(2)25(36)37)33-23(24-32-9-10-40-24)34-22(21)18-8-7-16(29)11-19(18)28/h7-11,15,17,22H,3-6,12-14H2,1-2H3,(H,33,34)(H,36,37)/t15?,17-,22+/m1/s1. The zero-order valence-electron chi connectivity index (χ0n) is 22.0. The van der Waals surface area contributed by atoms with Gasteiger partial charge in [-0.05, 0) is 37.5 Å². The molecule has 2 N–H and O–H groups in total. The lowest BCUT2D eigenvalue weighted by molar-refractivity contribution is -0.141. The van der Waals surface area contributed by atoms with E-state index in [9.17, 15) is 27.9 Å². The van der Waals surface area contributed by atoms with E-state index in [-0.39, 0.29) is 25.1 Å². The van der Waals surface area contributed by atoms with Crippen molar-refractivity contribution in [3.63, 3.8) is 0 Å². The van der Waals surface area contributed by atoms with Crippen LogP contribution >= 0.6 is 27.3 Å². The molecule has 1 saturated heterocycles.